The van der Waals surface area contributed by atoms with Gasteiger partial charge in [-0.15, -0.1) is 5.10 Å². The highest BCUT2D eigenvalue weighted by molar-refractivity contribution is 8.15. The minimum atomic E-state index is -1.13. The first kappa shape index (κ1) is 20.6. The van der Waals surface area contributed by atoms with Gasteiger partial charge >= 0.3 is 11.9 Å². The van der Waals surface area contributed by atoms with Gasteiger partial charge in [-0.3, -0.25) is 9.59 Å². The van der Waals surface area contributed by atoms with Gasteiger partial charge in [-0.1, -0.05) is 53.7 Å². The van der Waals surface area contributed by atoms with E-state index in [-0.39, 0.29) is 22.2 Å². The Bertz CT molecular complexity index is 1050. The van der Waals surface area contributed by atoms with E-state index in [1.165, 1.54) is 18.3 Å². The number of thioether (sulfide) groups is 1. The number of hydrogen-bond acceptors (Lipinski definition) is 6. The van der Waals surface area contributed by atoms with Crippen molar-refractivity contribution in [3.63, 3.8) is 0 Å². The van der Waals surface area contributed by atoms with E-state index in [4.69, 9.17) is 16.7 Å². The predicted octanol–water partition coefficient (Wildman–Crippen LogP) is 3.10. The second kappa shape index (κ2) is 8.89. The highest BCUT2D eigenvalue weighted by Gasteiger charge is 2.32. The van der Waals surface area contributed by atoms with Gasteiger partial charge < -0.3 is 15.5 Å². The van der Waals surface area contributed by atoms with Gasteiger partial charge in [0, 0.05) is 5.56 Å². The van der Waals surface area contributed by atoms with Crippen LogP contribution in [0, 0.1) is 0 Å². The van der Waals surface area contributed by atoms with Crippen LogP contribution in [0.4, 0.5) is 0 Å². The molecule has 0 aromatic heterocycles. The van der Waals surface area contributed by atoms with Crippen LogP contribution in [0.5, 0.6) is 0 Å². The lowest BCUT2D eigenvalue weighted by molar-refractivity contribution is -0.138. The molecule has 10 heteroatoms. The first-order valence-electron chi connectivity index (χ1n) is 8.27. The Labute approximate surface area is 174 Å². The molecule has 1 atom stereocenters. The van der Waals surface area contributed by atoms with Crippen molar-refractivity contribution in [2.75, 3.05) is 0 Å². The predicted molar refractivity (Wildman–Crippen MR) is 111 cm³/mol. The molecule has 0 saturated carbocycles. The molecule has 1 aliphatic rings. The van der Waals surface area contributed by atoms with Crippen LogP contribution >= 0.6 is 23.4 Å². The molecule has 148 valence electrons. The number of carbonyl (C=O) groups excluding carboxylic acids is 1. The molecule has 2 aromatic carbocycles. The lowest BCUT2D eigenvalue weighted by Gasteiger charge is -2.08. The molecule has 1 heterocycles. The third kappa shape index (κ3) is 5.01. The first-order chi connectivity index (χ1) is 13.8. The van der Waals surface area contributed by atoms with E-state index in [0.717, 1.165) is 17.3 Å². The minimum absolute atomic E-state index is 0.00862. The number of hydrogen-bond donors (Lipinski definition) is 3. The van der Waals surface area contributed by atoms with E-state index in [2.05, 4.69) is 15.5 Å². The van der Waals surface area contributed by atoms with E-state index >= 15 is 0 Å². The number of carbonyl (C=O) groups is 3. The third-order valence-corrected chi connectivity index (χ3v) is 5.35. The Balaban J connectivity index is 1.84. The quantitative estimate of drug-likeness (QED) is 0.476. The lowest BCUT2D eigenvalue weighted by atomic mass is 9.98. The van der Waals surface area contributed by atoms with Crippen LogP contribution < -0.4 is 5.32 Å². The van der Waals surface area contributed by atoms with Crippen molar-refractivity contribution >= 4 is 52.6 Å². The fraction of sp³-hybridized carbons (Fsp3) is 0.105. The fourth-order valence-electron chi connectivity index (χ4n) is 2.62. The van der Waals surface area contributed by atoms with Gasteiger partial charge in [0.1, 0.15) is 5.25 Å². The van der Waals surface area contributed by atoms with Crippen molar-refractivity contribution in [2.45, 2.75) is 11.7 Å². The summed E-state index contributed by atoms with van der Waals surface area (Å²) in [5, 5.41) is 28.1. The summed E-state index contributed by atoms with van der Waals surface area (Å²) in [5.41, 5.74) is 2.03. The number of amidine groups is 1. The van der Waals surface area contributed by atoms with E-state index < -0.39 is 23.1 Å². The van der Waals surface area contributed by atoms with Gasteiger partial charge in [-0.2, -0.15) is 5.10 Å². The topological polar surface area (TPSA) is 128 Å². The number of nitrogens with zero attached hydrogens (tertiary/aromatic N) is 2. The summed E-state index contributed by atoms with van der Waals surface area (Å²) >= 11 is 6.94. The summed E-state index contributed by atoms with van der Waals surface area (Å²) in [6.07, 6.45) is 1.17. The Hall–Kier alpha value is -3.17. The zero-order valence-electron chi connectivity index (χ0n) is 14.7. The van der Waals surface area contributed by atoms with Crippen molar-refractivity contribution in [1.82, 2.24) is 5.32 Å². The number of benzene rings is 2. The van der Waals surface area contributed by atoms with Crippen molar-refractivity contribution < 1.29 is 24.6 Å². The molecule has 3 N–H and O–H groups in total. The maximum absolute atomic E-state index is 11.7. The van der Waals surface area contributed by atoms with Crippen LogP contribution in [0.3, 0.4) is 0 Å². The van der Waals surface area contributed by atoms with Gasteiger partial charge in [0.05, 0.1) is 23.2 Å². The van der Waals surface area contributed by atoms with Gasteiger partial charge in [-0.25, -0.2) is 4.79 Å². The van der Waals surface area contributed by atoms with Crippen LogP contribution in [0.25, 0.3) is 11.1 Å². The van der Waals surface area contributed by atoms with Gasteiger partial charge in [-0.05, 0) is 23.3 Å². The Morgan fingerprint density at radius 3 is 2.69 bits per heavy atom. The molecule has 1 aliphatic heterocycles. The number of carboxylic acids is 2. The molecule has 0 spiro atoms. The SMILES string of the molecule is O=C(O)CC1SC(=NN=Cc2ccccc2-c2ccc(Cl)c(C(=O)O)c2)NC1=O. The maximum atomic E-state index is 11.7. The molecular weight excluding hydrogens is 418 g/mol. The van der Waals surface area contributed by atoms with E-state index in [1.807, 2.05) is 0 Å². The van der Waals surface area contributed by atoms with Crippen LogP contribution in [0.2, 0.25) is 5.02 Å². The average molecular weight is 432 g/mol. The number of carboxylic acid groups (broad SMARTS) is 2. The largest absolute Gasteiger partial charge is 0.481 e. The molecule has 1 saturated heterocycles. The molecule has 29 heavy (non-hydrogen) atoms. The van der Waals surface area contributed by atoms with Crippen LogP contribution in [-0.4, -0.2) is 44.7 Å². The molecule has 3 rings (SSSR count). The number of halogens is 1. The Morgan fingerprint density at radius 1 is 1.21 bits per heavy atom. The van der Waals surface area contributed by atoms with Gasteiger partial charge in [0.15, 0.2) is 5.17 Å². The molecule has 1 unspecified atom stereocenters. The van der Waals surface area contributed by atoms with E-state index in [1.54, 1.807) is 30.3 Å². The van der Waals surface area contributed by atoms with E-state index in [0.29, 0.717) is 11.1 Å². The van der Waals surface area contributed by atoms with Crippen LogP contribution in [0.1, 0.15) is 22.3 Å². The number of amides is 1. The van der Waals surface area contributed by atoms with Gasteiger partial charge in [0.2, 0.25) is 5.91 Å². The second-order valence-electron chi connectivity index (χ2n) is 5.93. The molecule has 8 nitrogen and oxygen atoms in total. The summed E-state index contributed by atoms with van der Waals surface area (Å²) in [6, 6.07) is 11.9. The third-order valence-electron chi connectivity index (χ3n) is 3.95. The standard InChI is InChI=1S/C19H14ClN3O5S/c20-14-6-5-10(7-13(14)18(27)28)12-4-2-1-3-11(12)9-21-23-19-22-17(26)15(29-19)8-16(24)25/h1-7,9,15H,8H2,(H,24,25)(H,27,28)(H,22,23,26). The maximum Gasteiger partial charge on any atom is 0.337 e. The summed E-state index contributed by atoms with van der Waals surface area (Å²) in [6.45, 7) is 0. The summed E-state index contributed by atoms with van der Waals surface area (Å²) in [4.78, 5) is 33.8. The van der Waals surface area contributed by atoms with Crippen molar-refractivity contribution in [3.8, 4) is 11.1 Å². The molecule has 0 bridgehead atoms. The Kier molecular flexibility index (Phi) is 6.30. The molecular formula is C19H14ClN3O5S. The molecule has 1 amide bonds. The van der Waals surface area contributed by atoms with Crippen molar-refractivity contribution in [1.29, 1.82) is 0 Å². The van der Waals surface area contributed by atoms with Crippen molar-refractivity contribution in [3.05, 3.63) is 58.6 Å². The highest BCUT2D eigenvalue weighted by Crippen LogP contribution is 2.27. The molecule has 2 aromatic rings. The zero-order valence-corrected chi connectivity index (χ0v) is 16.3. The monoisotopic (exact) mass is 431 g/mol. The summed E-state index contributed by atoms with van der Waals surface area (Å²) < 4.78 is 0. The van der Waals surface area contributed by atoms with E-state index in [9.17, 15) is 19.5 Å². The lowest BCUT2D eigenvalue weighted by Crippen LogP contribution is -2.26. The summed E-state index contributed by atoms with van der Waals surface area (Å²) in [5.74, 6) is -2.62. The number of aromatic carboxylic acids is 1. The summed E-state index contributed by atoms with van der Waals surface area (Å²) in [7, 11) is 0. The number of rotatable bonds is 6. The number of aliphatic carboxylic acids is 1. The zero-order chi connectivity index (χ0) is 21.0. The van der Waals surface area contributed by atoms with Gasteiger partial charge in [0.25, 0.3) is 0 Å². The first-order valence-corrected chi connectivity index (χ1v) is 9.53. The normalized spacial score (nSPS) is 17.6. The molecule has 0 aliphatic carbocycles. The molecule has 1 fully saturated rings. The second-order valence-corrected chi connectivity index (χ2v) is 7.53. The fourth-order valence-corrected chi connectivity index (χ4v) is 3.73. The molecule has 0 radical (unpaired) electrons. The number of nitrogens with one attached hydrogen (secondary N) is 1. The highest BCUT2D eigenvalue weighted by atomic mass is 35.5. The van der Waals surface area contributed by atoms with Crippen molar-refractivity contribution in [2.24, 2.45) is 10.2 Å². The minimum Gasteiger partial charge on any atom is -0.481 e. The van der Waals surface area contributed by atoms with Crippen LogP contribution in [-0.2, 0) is 9.59 Å². The smallest absolute Gasteiger partial charge is 0.337 e. The van der Waals surface area contributed by atoms with Crippen LogP contribution in [0.15, 0.2) is 52.7 Å². The average Bonchev–Trinajstić information content (AvgIpc) is 3.01. The Morgan fingerprint density at radius 2 is 1.97 bits per heavy atom.